The van der Waals surface area contributed by atoms with Crippen LogP contribution in [0.5, 0.6) is 5.75 Å². The molecule has 5 heteroatoms. The van der Waals surface area contributed by atoms with E-state index in [2.05, 4.69) is 25.4 Å². The van der Waals surface area contributed by atoms with E-state index in [1.807, 2.05) is 35.9 Å². The van der Waals surface area contributed by atoms with E-state index in [4.69, 9.17) is 9.84 Å². The zero-order valence-electron chi connectivity index (χ0n) is 15.3. The highest BCUT2D eigenvalue weighted by atomic mass is 16.5. The molecule has 2 aromatic rings. The molecule has 1 heterocycles. The van der Waals surface area contributed by atoms with Crippen molar-refractivity contribution in [3.05, 3.63) is 47.3 Å². The van der Waals surface area contributed by atoms with Crippen LogP contribution in [0.4, 0.5) is 0 Å². The van der Waals surface area contributed by atoms with E-state index in [0.29, 0.717) is 19.1 Å². The van der Waals surface area contributed by atoms with Gasteiger partial charge in [0.1, 0.15) is 5.75 Å². The maximum atomic E-state index is 12.5. The molecular weight excluding hydrogens is 314 g/mol. The molecule has 0 radical (unpaired) electrons. The van der Waals surface area contributed by atoms with E-state index >= 15 is 0 Å². The summed E-state index contributed by atoms with van der Waals surface area (Å²) in [7, 11) is 0. The van der Waals surface area contributed by atoms with Crippen LogP contribution in [0.2, 0.25) is 0 Å². The van der Waals surface area contributed by atoms with Gasteiger partial charge in [-0.3, -0.25) is 9.48 Å². The topological polar surface area (TPSA) is 56.1 Å². The maximum absolute atomic E-state index is 12.5. The number of rotatable bonds is 6. The Morgan fingerprint density at radius 1 is 1.36 bits per heavy atom. The number of aryl methyl sites for hydroxylation is 1. The van der Waals surface area contributed by atoms with Crippen LogP contribution in [0.15, 0.2) is 30.5 Å². The fraction of sp³-hybridized carbons (Fsp3) is 0.500. The lowest BCUT2D eigenvalue weighted by Gasteiger charge is -2.22. The van der Waals surface area contributed by atoms with E-state index in [9.17, 15) is 4.79 Å². The molecule has 0 saturated carbocycles. The summed E-state index contributed by atoms with van der Waals surface area (Å²) in [5.74, 6) is 0.879. The average molecular weight is 341 g/mol. The molecule has 0 spiro atoms. The van der Waals surface area contributed by atoms with Crippen LogP contribution in [0.1, 0.15) is 62.5 Å². The third-order valence-electron chi connectivity index (χ3n) is 4.57. The highest BCUT2D eigenvalue weighted by molar-refractivity contribution is 5.79. The molecule has 25 heavy (non-hydrogen) atoms. The molecule has 1 unspecified atom stereocenters. The molecule has 1 aromatic heterocycles. The summed E-state index contributed by atoms with van der Waals surface area (Å²) < 4.78 is 7.44. The van der Waals surface area contributed by atoms with E-state index in [1.165, 1.54) is 5.56 Å². The lowest BCUT2D eigenvalue weighted by Crippen LogP contribution is -2.32. The fourth-order valence-electron chi connectivity index (χ4n) is 3.27. The summed E-state index contributed by atoms with van der Waals surface area (Å²) in [5.41, 5.74) is 3.30. The summed E-state index contributed by atoms with van der Waals surface area (Å²) in [6.45, 7) is 6.85. The Morgan fingerprint density at radius 2 is 2.12 bits per heavy atom. The molecule has 1 amide bonds. The van der Waals surface area contributed by atoms with Crippen LogP contribution in [0.25, 0.3) is 0 Å². The average Bonchev–Trinajstić information content (AvgIpc) is 3.02. The second-order valence-corrected chi connectivity index (χ2v) is 6.88. The molecule has 1 aliphatic rings. The second-order valence-electron chi connectivity index (χ2n) is 6.88. The first-order valence-corrected chi connectivity index (χ1v) is 9.16. The highest BCUT2D eigenvalue weighted by Gasteiger charge is 2.25. The maximum Gasteiger partial charge on any atom is 0.224 e. The SMILES string of the molecule is CCOc1ccc(CC(=O)NC2CCCc3cn(C(C)C)nc32)cc1. The van der Waals surface area contributed by atoms with Crippen LogP contribution >= 0.6 is 0 Å². The summed E-state index contributed by atoms with van der Waals surface area (Å²) >= 11 is 0. The molecule has 1 aromatic carbocycles. The lowest BCUT2D eigenvalue weighted by molar-refractivity contribution is -0.121. The van der Waals surface area contributed by atoms with Gasteiger partial charge in [-0.1, -0.05) is 12.1 Å². The summed E-state index contributed by atoms with van der Waals surface area (Å²) in [4.78, 5) is 12.5. The quantitative estimate of drug-likeness (QED) is 0.873. The first-order valence-electron chi connectivity index (χ1n) is 9.16. The third kappa shape index (κ3) is 4.21. The second kappa shape index (κ2) is 7.72. The van der Waals surface area contributed by atoms with Crippen molar-refractivity contribution in [1.29, 1.82) is 0 Å². The number of fused-ring (bicyclic) bond motifs is 1. The molecule has 0 bridgehead atoms. The van der Waals surface area contributed by atoms with Gasteiger partial charge in [-0.05, 0) is 63.3 Å². The number of benzene rings is 1. The van der Waals surface area contributed by atoms with Crippen molar-refractivity contribution < 1.29 is 9.53 Å². The van der Waals surface area contributed by atoms with Crippen molar-refractivity contribution in [2.24, 2.45) is 0 Å². The smallest absolute Gasteiger partial charge is 0.224 e. The molecular formula is C20H27N3O2. The van der Waals surface area contributed by atoms with Gasteiger partial charge in [-0.2, -0.15) is 5.10 Å². The largest absolute Gasteiger partial charge is 0.494 e. The predicted molar refractivity (Wildman–Crippen MR) is 97.7 cm³/mol. The Bertz CT molecular complexity index is 719. The van der Waals surface area contributed by atoms with Crippen LogP contribution in [0, 0.1) is 0 Å². The highest BCUT2D eigenvalue weighted by Crippen LogP contribution is 2.29. The molecule has 0 fully saturated rings. The van der Waals surface area contributed by atoms with Gasteiger partial charge in [0.2, 0.25) is 5.91 Å². The summed E-state index contributed by atoms with van der Waals surface area (Å²) in [5, 5.41) is 7.88. The minimum Gasteiger partial charge on any atom is -0.494 e. The first kappa shape index (κ1) is 17.5. The van der Waals surface area contributed by atoms with Crippen molar-refractivity contribution in [2.75, 3.05) is 6.61 Å². The zero-order chi connectivity index (χ0) is 17.8. The molecule has 1 aliphatic carbocycles. The number of aromatic nitrogens is 2. The van der Waals surface area contributed by atoms with Gasteiger partial charge in [0.15, 0.2) is 0 Å². The standard InChI is InChI=1S/C20H27N3O2/c1-4-25-17-10-8-15(9-11-17)12-19(24)21-18-7-5-6-16-13-23(14(2)3)22-20(16)18/h8-11,13-14,18H,4-7,12H2,1-3H3,(H,21,24). The molecule has 1 N–H and O–H groups in total. The molecule has 0 saturated heterocycles. The number of carbonyl (C=O) groups excluding carboxylic acids is 1. The van der Waals surface area contributed by atoms with Gasteiger partial charge in [-0.25, -0.2) is 0 Å². The van der Waals surface area contributed by atoms with Crippen LogP contribution < -0.4 is 10.1 Å². The van der Waals surface area contributed by atoms with Crippen molar-refractivity contribution in [3.63, 3.8) is 0 Å². The van der Waals surface area contributed by atoms with Gasteiger partial charge in [0.25, 0.3) is 0 Å². The molecule has 1 atom stereocenters. The lowest BCUT2D eigenvalue weighted by atomic mass is 9.93. The fourth-order valence-corrected chi connectivity index (χ4v) is 3.27. The van der Waals surface area contributed by atoms with Crippen molar-refractivity contribution in [2.45, 2.75) is 58.5 Å². The van der Waals surface area contributed by atoms with E-state index in [1.54, 1.807) is 0 Å². The molecule has 134 valence electrons. The first-order chi connectivity index (χ1) is 12.1. The summed E-state index contributed by atoms with van der Waals surface area (Å²) in [6, 6.07) is 8.09. The Hall–Kier alpha value is -2.30. The Morgan fingerprint density at radius 3 is 2.80 bits per heavy atom. The van der Waals surface area contributed by atoms with Crippen LogP contribution in [-0.2, 0) is 17.6 Å². The van der Waals surface area contributed by atoms with Gasteiger partial charge >= 0.3 is 0 Å². The number of nitrogens with zero attached hydrogens (tertiary/aromatic N) is 2. The number of amides is 1. The van der Waals surface area contributed by atoms with Gasteiger partial charge in [0, 0.05) is 12.2 Å². The number of carbonyl (C=O) groups is 1. The van der Waals surface area contributed by atoms with Crippen LogP contribution in [0.3, 0.4) is 0 Å². The van der Waals surface area contributed by atoms with E-state index < -0.39 is 0 Å². The predicted octanol–water partition coefficient (Wildman–Crippen LogP) is 3.60. The Balaban J connectivity index is 1.64. The van der Waals surface area contributed by atoms with Gasteiger partial charge < -0.3 is 10.1 Å². The Labute approximate surface area is 149 Å². The van der Waals surface area contributed by atoms with E-state index in [-0.39, 0.29) is 11.9 Å². The summed E-state index contributed by atoms with van der Waals surface area (Å²) in [6.07, 6.45) is 5.60. The van der Waals surface area contributed by atoms with Crippen molar-refractivity contribution in [1.82, 2.24) is 15.1 Å². The number of hydrogen-bond donors (Lipinski definition) is 1. The third-order valence-corrected chi connectivity index (χ3v) is 4.57. The Kier molecular flexibility index (Phi) is 5.41. The normalized spacial score (nSPS) is 16.6. The minimum absolute atomic E-state index is 0.0268. The van der Waals surface area contributed by atoms with E-state index in [0.717, 1.165) is 36.3 Å². The van der Waals surface area contributed by atoms with Crippen molar-refractivity contribution >= 4 is 5.91 Å². The molecule has 5 nitrogen and oxygen atoms in total. The number of ether oxygens (including phenoxy) is 1. The molecule has 3 rings (SSSR count). The van der Waals surface area contributed by atoms with Gasteiger partial charge in [-0.15, -0.1) is 0 Å². The van der Waals surface area contributed by atoms with Crippen molar-refractivity contribution in [3.8, 4) is 5.75 Å². The van der Waals surface area contributed by atoms with Crippen LogP contribution in [-0.4, -0.2) is 22.3 Å². The number of hydrogen-bond acceptors (Lipinski definition) is 3. The minimum atomic E-state index is 0.0268. The zero-order valence-corrected chi connectivity index (χ0v) is 15.3. The van der Waals surface area contributed by atoms with Gasteiger partial charge in [0.05, 0.1) is 24.8 Å². The monoisotopic (exact) mass is 341 g/mol. The molecule has 0 aliphatic heterocycles. The number of nitrogens with one attached hydrogen (secondary N) is 1.